The third-order valence-corrected chi connectivity index (χ3v) is 4.47. The third-order valence-electron chi connectivity index (χ3n) is 3.36. The number of rotatable bonds is 6. The van der Waals surface area contributed by atoms with Crippen molar-refractivity contribution in [3.05, 3.63) is 64.7 Å². The molecule has 8 heteroatoms. The van der Waals surface area contributed by atoms with E-state index in [2.05, 4.69) is 5.32 Å². The van der Waals surface area contributed by atoms with Crippen LogP contribution in [-0.2, 0) is 25.1 Å². The van der Waals surface area contributed by atoms with Crippen LogP contribution >= 0.6 is 11.6 Å². The maximum atomic E-state index is 12.2. The molecule has 2 aromatic rings. The third kappa shape index (κ3) is 6.16. The van der Waals surface area contributed by atoms with E-state index in [1.54, 1.807) is 36.4 Å². The molecule has 0 heterocycles. The highest BCUT2D eigenvalue weighted by atomic mass is 35.5. The number of carbonyl (C=O) groups is 2. The Kier molecular flexibility index (Phi) is 6.39. The zero-order valence-electron chi connectivity index (χ0n) is 14.2. The first-order valence-corrected chi connectivity index (χ1v) is 10.1. The summed E-state index contributed by atoms with van der Waals surface area (Å²) in [7, 11) is -3.22. The van der Waals surface area contributed by atoms with Gasteiger partial charge in [0, 0.05) is 17.0 Å². The molecule has 0 radical (unpaired) electrons. The second kappa shape index (κ2) is 8.33. The van der Waals surface area contributed by atoms with E-state index in [-0.39, 0.29) is 11.3 Å². The molecule has 2 rings (SSSR count). The number of amides is 1. The van der Waals surface area contributed by atoms with Gasteiger partial charge in [0.15, 0.2) is 15.9 Å². The van der Waals surface area contributed by atoms with Crippen molar-refractivity contribution in [2.45, 2.75) is 18.8 Å². The Morgan fingerprint density at radius 3 is 2.42 bits per heavy atom. The first-order chi connectivity index (χ1) is 12.1. The summed E-state index contributed by atoms with van der Waals surface area (Å²) in [5.41, 5.74) is 1.18. The van der Waals surface area contributed by atoms with E-state index < -0.39 is 27.8 Å². The van der Waals surface area contributed by atoms with E-state index in [0.717, 1.165) is 6.26 Å². The Hall–Kier alpha value is -2.38. The molecule has 0 aliphatic heterocycles. The molecule has 2 aromatic carbocycles. The summed E-state index contributed by atoms with van der Waals surface area (Å²) >= 11 is 5.78. The number of ether oxygens (including phenoxy) is 1. The molecule has 0 spiro atoms. The van der Waals surface area contributed by atoms with Crippen LogP contribution in [0.5, 0.6) is 0 Å². The Morgan fingerprint density at radius 1 is 1.15 bits per heavy atom. The van der Waals surface area contributed by atoms with Gasteiger partial charge < -0.3 is 10.1 Å². The predicted octanol–water partition coefficient (Wildman–Crippen LogP) is 3.07. The highest BCUT2D eigenvalue weighted by molar-refractivity contribution is 7.89. The van der Waals surface area contributed by atoms with Crippen LogP contribution in [0.4, 0.5) is 5.69 Å². The van der Waals surface area contributed by atoms with Crippen molar-refractivity contribution in [1.82, 2.24) is 0 Å². The molecule has 1 N–H and O–H groups in total. The lowest BCUT2D eigenvalue weighted by molar-refractivity contribution is -0.123. The van der Waals surface area contributed by atoms with E-state index >= 15 is 0 Å². The fraction of sp³-hybridized carbons (Fsp3) is 0.222. The zero-order valence-corrected chi connectivity index (χ0v) is 15.8. The highest BCUT2D eigenvalue weighted by Gasteiger charge is 2.19. The lowest BCUT2D eigenvalue weighted by Gasteiger charge is -2.14. The summed E-state index contributed by atoms with van der Waals surface area (Å²) in [6.07, 6.45) is 0.0815. The van der Waals surface area contributed by atoms with Crippen molar-refractivity contribution in [1.29, 1.82) is 0 Å². The van der Waals surface area contributed by atoms with Crippen molar-refractivity contribution in [3.63, 3.8) is 0 Å². The Balaban J connectivity index is 2.01. The van der Waals surface area contributed by atoms with Crippen LogP contribution in [0.3, 0.4) is 0 Å². The summed E-state index contributed by atoms with van der Waals surface area (Å²) in [5.74, 6) is -1.38. The molecule has 0 saturated heterocycles. The van der Waals surface area contributed by atoms with Crippen molar-refractivity contribution < 1.29 is 22.7 Å². The lowest BCUT2D eigenvalue weighted by atomic mass is 10.1. The van der Waals surface area contributed by atoms with E-state index in [4.69, 9.17) is 16.3 Å². The molecule has 26 heavy (non-hydrogen) atoms. The van der Waals surface area contributed by atoms with Gasteiger partial charge in [0.25, 0.3) is 5.91 Å². The van der Waals surface area contributed by atoms with Gasteiger partial charge in [-0.25, -0.2) is 13.2 Å². The molecule has 0 saturated carbocycles. The molecular formula is C18H18ClNO5S. The fourth-order valence-corrected chi connectivity index (χ4v) is 3.06. The summed E-state index contributed by atoms with van der Waals surface area (Å²) in [5, 5.41) is 3.15. The first-order valence-electron chi connectivity index (χ1n) is 7.68. The summed E-state index contributed by atoms with van der Waals surface area (Å²) in [6.45, 7) is 1.45. The number of halogens is 1. The number of sulfone groups is 1. The molecule has 1 amide bonds. The standard InChI is InChI=1S/C18H18ClNO5S/c1-12(17(21)20-16-8-6-15(19)7-9-16)25-18(22)14-5-3-4-13(10-14)11-26(2,23)24/h3-10,12H,11H2,1-2H3,(H,20,21)/t12-/m0/s1. The number of esters is 1. The number of hydrogen-bond donors (Lipinski definition) is 1. The number of hydrogen-bond acceptors (Lipinski definition) is 5. The first kappa shape index (κ1) is 19.9. The lowest BCUT2D eigenvalue weighted by Crippen LogP contribution is -2.30. The monoisotopic (exact) mass is 395 g/mol. The van der Waals surface area contributed by atoms with Gasteiger partial charge in [0.2, 0.25) is 0 Å². The molecule has 138 valence electrons. The van der Waals surface area contributed by atoms with Gasteiger partial charge in [0.1, 0.15) is 0 Å². The van der Waals surface area contributed by atoms with Gasteiger partial charge in [-0.15, -0.1) is 0 Å². The molecule has 0 fully saturated rings. The number of anilines is 1. The van der Waals surface area contributed by atoms with Gasteiger partial charge in [-0.3, -0.25) is 4.79 Å². The molecule has 6 nitrogen and oxygen atoms in total. The number of benzene rings is 2. The molecule has 0 aliphatic rings. The Morgan fingerprint density at radius 2 is 1.81 bits per heavy atom. The second-order valence-corrected chi connectivity index (χ2v) is 8.39. The maximum absolute atomic E-state index is 12.2. The molecule has 0 unspecified atom stereocenters. The van der Waals surface area contributed by atoms with Crippen LogP contribution in [0.25, 0.3) is 0 Å². The minimum atomic E-state index is -3.22. The zero-order chi connectivity index (χ0) is 19.3. The van der Waals surface area contributed by atoms with Gasteiger partial charge in [-0.2, -0.15) is 0 Å². The van der Waals surface area contributed by atoms with Gasteiger partial charge in [-0.1, -0.05) is 23.7 Å². The van der Waals surface area contributed by atoms with Gasteiger partial charge in [-0.05, 0) is 48.9 Å². The summed E-state index contributed by atoms with van der Waals surface area (Å²) in [6, 6.07) is 12.6. The van der Waals surface area contributed by atoms with Crippen LogP contribution in [0.1, 0.15) is 22.8 Å². The second-order valence-electron chi connectivity index (χ2n) is 5.81. The topological polar surface area (TPSA) is 89.5 Å². The maximum Gasteiger partial charge on any atom is 0.338 e. The van der Waals surface area contributed by atoms with Crippen LogP contribution in [-0.4, -0.2) is 32.7 Å². The summed E-state index contributed by atoms with van der Waals surface area (Å²) < 4.78 is 27.9. The average Bonchev–Trinajstić information content (AvgIpc) is 2.55. The minimum absolute atomic E-state index is 0.178. The van der Waals surface area contributed by atoms with Crippen molar-refractivity contribution >= 4 is 39.0 Å². The average molecular weight is 396 g/mol. The fourth-order valence-electron chi connectivity index (χ4n) is 2.15. The van der Waals surface area contributed by atoms with Crippen molar-refractivity contribution in [2.75, 3.05) is 11.6 Å². The van der Waals surface area contributed by atoms with E-state index in [9.17, 15) is 18.0 Å². The van der Waals surface area contributed by atoms with E-state index in [1.807, 2.05) is 0 Å². The molecule has 0 aromatic heterocycles. The van der Waals surface area contributed by atoms with Crippen molar-refractivity contribution in [2.24, 2.45) is 0 Å². The predicted molar refractivity (Wildman–Crippen MR) is 99.9 cm³/mol. The number of nitrogens with one attached hydrogen (secondary N) is 1. The normalized spacial score (nSPS) is 12.3. The molecule has 0 aliphatic carbocycles. The van der Waals surface area contributed by atoms with Crippen LogP contribution in [0.2, 0.25) is 5.02 Å². The van der Waals surface area contributed by atoms with Crippen LogP contribution < -0.4 is 5.32 Å². The smallest absolute Gasteiger partial charge is 0.338 e. The minimum Gasteiger partial charge on any atom is -0.449 e. The van der Waals surface area contributed by atoms with Gasteiger partial charge in [0.05, 0.1) is 11.3 Å². The summed E-state index contributed by atoms with van der Waals surface area (Å²) in [4.78, 5) is 24.3. The van der Waals surface area contributed by atoms with Gasteiger partial charge >= 0.3 is 5.97 Å². The quantitative estimate of drug-likeness (QED) is 0.759. The van der Waals surface area contributed by atoms with Crippen molar-refractivity contribution in [3.8, 4) is 0 Å². The Labute approximate surface area is 157 Å². The highest BCUT2D eigenvalue weighted by Crippen LogP contribution is 2.15. The molecule has 1 atom stereocenters. The number of carbonyl (C=O) groups excluding carboxylic acids is 2. The SMILES string of the molecule is C[C@H](OC(=O)c1cccc(CS(C)(=O)=O)c1)C(=O)Nc1ccc(Cl)cc1. The van der Waals surface area contributed by atoms with E-state index in [1.165, 1.54) is 19.1 Å². The van der Waals surface area contributed by atoms with E-state index in [0.29, 0.717) is 16.3 Å². The van der Waals surface area contributed by atoms with Crippen LogP contribution in [0, 0.1) is 0 Å². The van der Waals surface area contributed by atoms with Crippen LogP contribution in [0.15, 0.2) is 48.5 Å². The molecular weight excluding hydrogens is 378 g/mol. The Bertz CT molecular complexity index is 909. The largest absolute Gasteiger partial charge is 0.449 e. The molecule has 0 bridgehead atoms.